The summed E-state index contributed by atoms with van der Waals surface area (Å²) < 4.78 is 11.0. The molecule has 0 aliphatic heterocycles. The van der Waals surface area contributed by atoms with Gasteiger partial charge in [0.05, 0.1) is 12.8 Å². The van der Waals surface area contributed by atoms with Crippen LogP contribution in [0.25, 0.3) is 22.5 Å². The van der Waals surface area contributed by atoms with E-state index >= 15 is 0 Å². The van der Waals surface area contributed by atoms with Gasteiger partial charge in [-0.25, -0.2) is 0 Å². The van der Waals surface area contributed by atoms with Gasteiger partial charge >= 0.3 is 0 Å². The average Bonchev–Trinajstić information content (AvgIpc) is 3.34. The molecular formula is C26H22N2O4S. The van der Waals surface area contributed by atoms with E-state index < -0.39 is 0 Å². The van der Waals surface area contributed by atoms with Gasteiger partial charge in [-0.15, -0.1) is 0 Å². The van der Waals surface area contributed by atoms with E-state index in [2.05, 4.69) is 10.6 Å². The molecule has 1 heterocycles. The summed E-state index contributed by atoms with van der Waals surface area (Å²) in [6, 6.07) is 26.1. The fraction of sp³-hybridized carbons (Fsp3) is 0.0769. The Kier molecular flexibility index (Phi) is 6.83. The molecule has 0 bridgehead atoms. The smallest absolute Gasteiger partial charge is 0.257 e. The molecule has 0 atom stereocenters. The van der Waals surface area contributed by atoms with Crippen molar-refractivity contribution in [2.45, 2.75) is 6.61 Å². The monoisotopic (exact) mass is 458 g/mol. The van der Waals surface area contributed by atoms with Crippen molar-refractivity contribution < 1.29 is 19.1 Å². The summed E-state index contributed by atoms with van der Waals surface area (Å²) in [5, 5.41) is 15.1. The largest absolute Gasteiger partial charge is 0.495 e. The molecule has 4 aromatic rings. The Morgan fingerprint density at radius 3 is 2.30 bits per heavy atom. The molecule has 7 heteroatoms. The number of amides is 1. The number of benzene rings is 3. The minimum Gasteiger partial charge on any atom is -0.495 e. The van der Waals surface area contributed by atoms with Crippen LogP contribution < -0.4 is 15.4 Å². The molecule has 0 saturated heterocycles. The van der Waals surface area contributed by atoms with Gasteiger partial charge in [0.2, 0.25) is 0 Å². The number of furan rings is 1. The number of aliphatic hydroxyl groups excluding tert-OH is 1. The van der Waals surface area contributed by atoms with Crippen molar-refractivity contribution >= 4 is 28.9 Å². The first-order chi connectivity index (χ1) is 16.1. The van der Waals surface area contributed by atoms with Crippen molar-refractivity contribution in [3.8, 4) is 28.2 Å². The van der Waals surface area contributed by atoms with Crippen LogP contribution in [0.1, 0.15) is 16.1 Å². The minimum absolute atomic E-state index is 0.137. The molecule has 1 aromatic heterocycles. The summed E-state index contributed by atoms with van der Waals surface area (Å²) in [6.07, 6.45) is 0. The van der Waals surface area contributed by atoms with Gasteiger partial charge < -0.3 is 19.6 Å². The third-order valence-electron chi connectivity index (χ3n) is 5.03. The van der Waals surface area contributed by atoms with Crippen molar-refractivity contribution in [1.29, 1.82) is 0 Å². The molecule has 0 fully saturated rings. The molecule has 0 spiro atoms. The fourth-order valence-electron chi connectivity index (χ4n) is 3.35. The van der Waals surface area contributed by atoms with E-state index in [1.165, 1.54) is 0 Å². The Morgan fingerprint density at radius 1 is 0.939 bits per heavy atom. The number of rotatable bonds is 6. The lowest BCUT2D eigenvalue weighted by Crippen LogP contribution is -2.34. The minimum atomic E-state index is -0.319. The summed E-state index contributed by atoms with van der Waals surface area (Å²) in [6.45, 7) is -0.177. The number of anilines is 1. The number of aliphatic hydroxyl groups is 1. The van der Waals surface area contributed by atoms with E-state index in [0.29, 0.717) is 28.5 Å². The van der Waals surface area contributed by atoms with Gasteiger partial charge in [0, 0.05) is 11.1 Å². The fourth-order valence-corrected chi connectivity index (χ4v) is 3.55. The quantitative estimate of drug-likeness (QED) is 0.343. The van der Waals surface area contributed by atoms with Gasteiger partial charge in [-0.05, 0) is 65.8 Å². The molecule has 0 unspecified atom stereocenters. The number of hydrogen-bond acceptors (Lipinski definition) is 5. The van der Waals surface area contributed by atoms with Gasteiger partial charge in [-0.3, -0.25) is 10.1 Å². The zero-order chi connectivity index (χ0) is 23.2. The summed E-state index contributed by atoms with van der Waals surface area (Å²) in [7, 11) is 1.55. The van der Waals surface area contributed by atoms with E-state index in [9.17, 15) is 9.90 Å². The van der Waals surface area contributed by atoms with E-state index in [4.69, 9.17) is 21.4 Å². The predicted octanol–water partition coefficient (Wildman–Crippen LogP) is 5.24. The molecule has 166 valence electrons. The number of nitrogens with one attached hydrogen (secondary N) is 2. The molecule has 0 saturated carbocycles. The zero-order valence-electron chi connectivity index (χ0n) is 17.9. The third kappa shape index (κ3) is 5.28. The molecule has 4 rings (SSSR count). The predicted molar refractivity (Wildman–Crippen MR) is 132 cm³/mol. The molecule has 0 radical (unpaired) electrons. The lowest BCUT2D eigenvalue weighted by molar-refractivity contribution is 0.0977. The Morgan fingerprint density at radius 2 is 1.64 bits per heavy atom. The maximum atomic E-state index is 12.7. The highest BCUT2D eigenvalue weighted by Gasteiger charge is 2.13. The maximum absolute atomic E-state index is 12.7. The first kappa shape index (κ1) is 22.3. The topological polar surface area (TPSA) is 83.7 Å². The van der Waals surface area contributed by atoms with Gasteiger partial charge in [-0.2, -0.15) is 0 Å². The lowest BCUT2D eigenvalue weighted by Gasteiger charge is -2.14. The highest BCUT2D eigenvalue weighted by molar-refractivity contribution is 7.80. The van der Waals surface area contributed by atoms with Gasteiger partial charge in [0.1, 0.15) is 23.9 Å². The first-order valence-corrected chi connectivity index (χ1v) is 10.6. The second-order valence-electron chi connectivity index (χ2n) is 7.19. The van der Waals surface area contributed by atoms with Gasteiger partial charge in [0.15, 0.2) is 5.11 Å². The summed E-state index contributed by atoms with van der Waals surface area (Å²) >= 11 is 5.35. The molecule has 1 amide bonds. The average molecular weight is 459 g/mol. The van der Waals surface area contributed by atoms with E-state index in [1.54, 1.807) is 43.5 Å². The molecule has 0 aliphatic rings. The molecule has 3 N–H and O–H groups in total. The second-order valence-corrected chi connectivity index (χ2v) is 7.60. The van der Waals surface area contributed by atoms with Crippen molar-refractivity contribution in [1.82, 2.24) is 5.32 Å². The van der Waals surface area contributed by atoms with E-state index in [1.807, 2.05) is 48.5 Å². The van der Waals surface area contributed by atoms with Crippen molar-refractivity contribution in [3.05, 3.63) is 96.3 Å². The number of hydrogen-bond donors (Lipinski definition) is 3. The van der Waals surface area contributed by atoms with Crippen LogP contribution in [-0.4, -0.2) is 23.2 Å². The molecular weight excluding hydrogens is 436 g/mol. The SMILES string of the molecule is COc1ccc(-c2ccc(CO)o2)cc1NC(=S)NC(=O)c1ccc(-c2ccccc2)cc1. The number of thiocarbonyl (C=S) groups is 1. The Hall–Kier alpha value is -3.94. The van der Waals surface area contributed by atoms with Crippen molar-refractivity contribution in [2.24, 2.45) is 0 Å². The van der Waals surface area contributed by atoms with Crippen LogP contribution in [0.3, 0.4) is 0 Å². The lowest BCUT2D eigenvalue weighted by atomic mass is 10.0. The van der Waals surface area contributed by atoms with E-state index in [0.717, 1.165) is 16.7 Å². The number of ether oxygens (including phenoxy) is 1. The van der Waals surface area contributed by atoms with Crippen LogP contribution >= 0.6 is 12.2 Å². The summed E-state index contributed by atoms with van der Waals surface area (Å²) in [4.78, 5) is 12.7. The van der Waals surface area contributed by atoms with Crippen LogP contribution in [0.5, 0.6) is 5.75 Å². The van der Waals surface area contributed by atoms with Crippen LogP contribution in [0.2, 0.25) is 0 Å². The third-order valence-corrected chi connectivity index (χ3v) is 5.24. The number of carbonyl (C=O) groups excluding carboxylic acids is 1. The standard InChI is InChI=1S/C26H22N2O4S/c1-31-24-13-11-20(23-14-12-21(16-29)32-23)15-22(24)27-26(33)28-25(30)19-9-7-18(8-10-19)17-5-3-2-4-6-17/h2-15,29H,16H2,1H3,(H2,27,28,30,33). The molecule has 6 nitrogen and oxygen atoms in total. The maximum Gasteiger partial charge on any atom is 0.257 e. The molecule has 3 aromatic carbocycles. The van der Waals surface area contributed by atoms with Crippen molar-refractivity contribution in [2.75, 3.05) is 12.4 Å². The van der Waals surface area contributed by atoms with Crippen LogP contribution in [-0.2, 0) is 6.61 Å². The van der Waals surface area contributed by atoms with Crippen LogP contribution in [0.4, 0.5) is 5.69 Å². The molecule has 33 heavy (non-hydrogen) atoms. The highest BCUT2D eigenvalue weighted by Crippen LogP contribution is 2.31. The normalized spacial score (nSPS) is 10.5. The van der Waals surface area contributed by atoms with Crippen LogP contribution in [0.15, 0.2) is 89.3 Å². The highest BCUT2D eigenvalue weighted by atomic mass is 32.1. The second kappa shape index (κ2) is 10.1. The Balaban J connectivity index is 1.45. The Bertz CT molecular complexity index is 1270. The summed E-state index contributed by atoms with van der Waals surface area (Å²) in [5.41, 5.74) is 3.94. The Labute approximate surface area is 196 Å². The number of carbonyl (C=O) groups is 1. The molecule has 0 aliphatic carbocycles. The number of methoxy groups -OCH3 is 1. The first-order valence-electron chi connectivity index (χ1n) is 10.2. The van der Waals surface area contributed by atoms with Gasteiger partial charge in [0.25, 0.3) is 5.91 Å². The van der Waals surface area contributed by atoms with Gasteiger partial charge in [-0.1, -0.05) is 42.5 Å². The van der Waals surface area contributed by atoms with Crippen LogP contribution in [0, 0.1) is 0 Å². The van der Waals surface area contributed by atoms with E-state index in [-0.39, 0.29) is 17.6 Å². The summed E-state index contributed by atoms with van der Waals surface area (Å²) in [5.74, 6) is 1.30. The zero-order valence-corrected chi connectivity index (χ0v) is 18.7. The van der Waals surface area contributed by atoms with Crippen molar-refractivity contribution in [3.63, 3.8) is 0 Å².